The molecule has 112 valence electrons. The molecule has 0 N–H and O–H groups in total. The summed E-state index contributed by atoms with van der Waals surface area (Å²) in [6.07, 6.45) is 3.93. The van der Waals surface area contributed by atoms with Crippen molar-refractivity contribution in [2.45, 2.75) is 64.1 Å². The molecule has 4 heteroatoms. The third kappa shape index (κ3) is 1.48. The van der Waals surface area contributed by atoms with Gasteiger partial charge in [0.2, 0.25) is 12.1 Å². The zero-order chi connectivity index (χ0) is 14.1. The van der Waals surface area contributed by atoms with Crippen LogP contribution in [0.1, 0.15) is 46.5 Å². The van der Waals surface area contributed by atoms with E-state index >= 15 is 0 Å². The molecule has 3 unspecified atom stereocenters. The normalized spacial score (nSPS) is 57.8. The maximum Gasteiger partial charge on any atom is 0.235 e. The minimum atomic E-state index is -0.682. The Morgan fingerprint density at radius 3 is 2.70 bits per heavy atom. The summed E-state index contributed by atoms with van der Waals surface area (Å²) in [4.78, 5) is 11.7. The molecule has 1 aliphatic carbocycles. The fraction of sp³-hybridized carbons (Fsp3) is 0.875. The van der Waals surface area contributed by atoms with Gasteiger partial charge < -0.3 is 9.47 Å². The Morgan fingerprint density at radius 2 is 1.90 bits per heavy atom. The SMILES string of the molecule is C=C1O[C@@H]2O[C@]3(C)CCC4[C@H](C)CCC([C@H]1C)C42OO3. The van der Waals surface area contributed by atoms with Crippen LogP contribution in [0.5, 0.6) is 0 Å². The van der Waals surface area contributed by atoms with E-state index in [2.05, 4.69) is 20.4 Å². The van der Waals surface area contributed by atoms with Crippen LogP contribution in [0.2, 0.25) is 0 Å². The molecule has 0 aromatic heterocycles. The van der Waals surface area contributed by atoms with Crippen LogP contribution < -0.4 is 0 Å². The van der Waals surface area contributed by atoms with Gasteiger partial charge >= 0.3 is 0 Å². The predicted octanol–water partition coefficient (Wildman–Crippen LogP) is 3.38. The van der Waals surface area contributed by atoms with Gasteiger partial charge in [0.1, 0.15) is 0 Å². The molecule has 7 atom stereocenters. The topological polar surface area (TPSA) is 36.9 Å². The summed E-state index contributed by atoms with van der Waals surface area (Å²) in [6.45, 7) is 10.5. The molecule has 4 aliphatic heterocycles. The Hall–Kier alpha value is -0.580. The number of fused-ring (bicyclic) bond motifs is 2. The van der Waals surface area contributed by atoms with Crippen molar-refractivity contribution >= 4 is 0 Å². The molecule has 4 saturated heterocycles. The van der Waals surface area contributed by atoms with Gasteiger partial charge in [0.05, 0.1) is 5.76 Å². The van der Waals surface area contributed by atoms with E-state index in [4.69, 9.17) is 19.2 Å². The highest BCUT2D eigenvalue weighted by molar-refractivity contribution is 5.14. The van der Waals surface area contributed by atoms with Crippen molar-refractivity contribution in [3.05, 3.63) is 12.3 Å². The maximum absolute atomic E-state index is 6.17. The summed E-state index contributed by atoms with van der Waals surface area (Å²) < 4.78 is 12.2. The first-order chi connectivity index (χ1) is 9.46. The highest BCUT2D eigenvalue weighted by atomic mass is 17.3. The van der Waals surface area contributed by atoms with Gasteiger partial charge in [0, 0.05) is 24.2 Å². The van der Waals surface area contributed by atoms with Crippen molar-refractivity contribution in [2.75, 3.05) is 0 Å². The van der Waals surface area contributed by atoms with Crippen LogP contribution in [0, 0.1) is 23.7 Å². The van der Waals surface area contributed by atoms with Crippen molar-refractivity contribution in [3.63, 3.8) is 0 Å². The third-order valence-corrected chi connectivity index (χ3v) is 6.15. The van der Waals surface area contributed by atoms with Crippen molar-refractivity contribution < 1.29 is 19.2 Å². The summed E-state index contributed by atoms with van der Waals surface area (Å²) in [5.74, 6) is 1.86. The van der Waals surface area contributed by atoms with E-state index in [1.165, 1.54) is 6.42 Å². The van der Waals surface area contributed by atoms with E-state index < -0.39 is 11.4 Å². The molecular formula is C16H24O4. The van der Waals surface area contributed by atoms with Crippen LogP contribution in [0.25, 0.3) is 0 Å². The Bertz CT molecular complexity index is 450. The fourth-order valence-corrected chi connectivity index (χ4v) is 4.85. The molecular weight excluding hydrogens is 256 g/mol. The molecule has 0 aromatic rings. The molecule has 1 spiro atoms. The summed E-state index contributed by atoms with van der Waals surface area (Å²) in [5, 5.41) is 0. The lowest BCUT2D eigenvalue weighted by atomic mass is 9.58. The van der Waals surface area contributed by atoms with E-state index in [0.717, 1.165) is 25.0 Å². The van der Waals surface area contributed by atoms with E-state index in [9.17, 15) is 0 Å². The number of rotatable bonds is 0. The summed E-state index contributed by atoms with van der Waals surface area (Å²) >= 11 is 0. The highest BCUT2D eigenvalue weighted by Crippen LogP contribution is 2.60. The second-order valence-corrected chi connectivity index (χ2v) is 7.28. The molecule has 0 amide bonds. The first-order valence-corrected chi connectivity index (χ1v) is 7.86. The second kappa shape index (κ2) is 3.99. The molecule has 1 saturated carbocycles. The molecule has 20 heavy (non-hydrogen) atoms. The summed E-state index contributed by atoms with van der Waals surface area (Å²) in [5.41, 5.74) is -0.450. The lowest BCUT2D eigenvalue weighted by molar-refractivity contribution is -0.562. The lowest BCUT2D eigenvalue weighted by Gasteiger charge is -2.59. The summed E-state index contributed by atoms with van der Waals surface area (Å²) in [6, 6.07) is 0. The maximum atomic E-state index is 6.17. The van der Waals surface area contributed by atoms with Gasteiger partial charge in [0.25, 0.3) is 0 Å². The molecule has 5 aliphatic rings. The largest absolute Gasteiger partial charge is 0.466 e. The van der Waals surface area contributed by atoms with Crippen molar-refractivity contribution in [1.82, 2.24) is 0 Å². The van der Waals surface area contributed by atoms with E-state index in [0.29, 0.717) is 17.8 Å². The summed E-state index contributed by atoms with van der Waals surface area (Å²) in [7, 11) is 0. The molecule has 5 rings (SSSR count). The van der Waals surface area contributed by atoms with Gasteiger partial charge in [-0.15, -0.1) is 0 Å². The van der Waals surface area contributed by atoms with Crippen LogP contribution >= 0.6 is 0 Å². The Kier molecular flexibility index (Phi) is 2.62. The van der Waals surface area contributed by atoms with Gasteiger partial charge in [-0.2, -0.15) is 0 Å². The molecule has 0 radical (unpaired) electrons. The molecule has 2 bridgehead atoms. The van der Waals surface area contributed by atoms with Crippen LogP contribution in [-0.2, 0) is 19.2 Å². The quantitative estimate of drug-likeness (QED) is 0.637. The zero-order valence-corrected chi connectivity index (χ0v) is 12.6. The number of allylic oxidation sites excluding steroid dienone is 1. The highest BCUT2D eigenvalue weighted by Gasteiger charge is 2.69. The average molecular weight is 280 g/mol. The van der Waals surface area contributed by atoms with Gasteiger partial charge in [-0.1, -0.05) is 20.4 Å². The number of ether oxygens (including phenoxy) is 2. The average Bonchev–Trinajstić information content (AvgIpc) is 2.63. The zero-order valence-electron chi connectivity index (χ0n) is 12.6. The number of hydrogen-bond acceptors (Lipinski definition) is 4. The predicted molar refractivity (Wildman–Crippen MR) is 72.2 cm³/mol. The minimum Gasteiger partial charge on any atom is -0.466 e. The van der Waals surface area contributed by atoms with Gasteiger partial charge in [-0.3, -0.25) is 0 Å². The second-order valence-electron chi connectivity index (χ2n) is 7.28. The third-order valence-electron chi connectivity index (χ3n) is 6.15. The molecule has 4 nitrogen and oxygen atoms in total. The van der Waals surface area contributed by atoms with Crippen LogP contribution in [0.3, 0.4) is 0 Å². The smallest absolute Gasteiger partial charge is 0.235 e. The first kappa shape index (κ1) is 13.1. The Labute approximate surface area is 120 Å². The monoisotopic (exact) mass is 280 g/mol. The molecule has 5 fully saturated rings. The van der Waals surface area contributed by atoms with Gasteiger partial charge in [0.15, 0.2) is 5.60 Å². The number of hydrogen-bond donors (Lipinski definition) is 0. The standard InChI is InChI=1S/C16H24O4/c1-9-5-6-13-10(2)11(3)17-14-16(13)12(9)7-8-15(4,18-14)19-20-16/h9-10,12-14H,3,5-8H2,1-2,4H3/t9-,10+,12?,13?,14-,15+,16?/m1/s1. The van der Waals surface area contributed by atoms with Crippen LogP contribution in [0.15, 0.2) is 12.3 Å². The van der Waals surface area contributed by atoms with Gasteiger partial charge in [-0.05, 0) is 32.1 Å². The minimum absolute atomic E-state index is 0.288. The van der Waals surface area contributed by atoms with E-state index in [-0.39, 0.29) is 12.2 Å². The Balaban J connectivity index is 1.84. The van der Waals surface area contributed by atoms with Crippen LogP contribution in [0.4, 0.5) is 0 Å². The molecule has 0 aromatic carbocycles. The van der Waals surface area contributed by atoms with E-state index in [1.54, 1.807) is 0 Å². The van der Waals surface area contributed by atoms with Crippen molar-refractivity contribution in [1.29, 1.82) is 0 Å². The lowest BCUT2D eigenvalue weighted by Crippen LogP contribution is -2.68. The molecule has 4 heterocycles. The van der Waals surface area contributed by atoms with Gasteiger partial charge in [-0.25, -0.2) is 9.78 Å². The van der Waals surface area contributed by atoms with E-state index in [1.807, 2.05) is 6.92 Å². The van der Waals surface area contributed by atoms with Crippen LogP contribution in [-0.4, -0.2) is 17.7 Å². The Morgan fingerprint density at radius 1 is 1.10 bits per heavy atom. The van der Waals surface area contributed by atoms with Crippen molar-refractivity contribution in [3.8, 4) is 0 Å². The first-order valence-electron chi connectivity index (χ1n) is 7.86. The van der Waals surface area contributed by atoms with Crippen molar-refractivity contribution in [2.24, 2.45) is 23.7 Å². The fourth-order valence-electron chi connectivity index (χ4n) is 4.85.